The van der Waals surface area contributed by atoms with Crippen molar-refractivity contribution in [1.82, 2.24) is 0 Å². The van der Waals surface area contributed by atoms with Crippen molar-refractivity contribution in [2.45, 2.75) is 6.92 Å². The van der Waals surface area contributed by atoms with Crippen molar-refractivity contribution in [3.8, 4) is 5.75 Å². The molecule has 3 nitrogen and oxygen atoms in total. The quantitative estimate of drug-likeness (QED) is 0.644. The van der Waals surface area contributed by atoms with E-state index in [1.807, 2.05) is 19.1 Å². The molecule has 3 heteroatoms. The molecular formula is C9H12NO2-. The molecule has 1 aromatic rings. The third-order valence-electron chi connectivity index (χ3n) is 1.50. The average Bonchev–Trinajstić information content (AvgIpc) is 2.05. The molecule has 12 heavy (non-hydrogen) atoms. The molecule has 0 aromatic heterocycles. The van der Waals surface area contributed by atoms with E-state index in [0.29, 0.717) is 18.0 Å². The first-order valence-corrected chi connectivity index (χ1v) is 3.88. The maximum atomic E-state index is 11.0. The van der Waals surface area contributed by atoms with E-state index in [0.717, 1.165) is 5.06 Å². The lowest BCUT2D eigenvalue weighted by Gasteiger charge is -2.26. The summed E-state index contributed by atoms with van der Waals surface area (Å²) in [5.74, 6) is 0.637. The molecule has 0 saturated carbocycles. The number of nitrogens with zero attached hydrogens (tertiary/aromatic N) is 1. The number of hydrogen-bond donors (Lipinski definition) is 0. The van der Waals surface area contributed by atoms with Gasteiger partial charge in [-0.05, 0) is 26.1 Å². The molecule has 0 saturated heterocycles. The number of hydroxylamine groups is 1. The van der Waals surface area contributed by atoms with Crippen LogP contribution in [0.5, 0.6) is 5.75 Å². The molecule has 0 bridgehead atoms. The molecule has 0 spiro atoms. The first kappa shape index (κ1) is 8.87. The van der Waals surface area contributed by atoms with Crippen LogP contribution in [0.25, 0.3) is 0 Å². The standard InChI is InChI=1S/C9H12NO2/c1-3-12-9-7-5-4-6-8(9)10(2)11/h4-7H,3H2,1-2H3/q-1. The van der Waals surface area contributed by atoms with Gasteiger partial charge in [0.2, 0.25) is 0 Å². The van der Waals surface area contributed by atoms with Gasteiger partial charge in [-0.25, -0.2) is 0 Å². The minimum atomic E-state index is 0.569. The van der Waals surface area contributed by atoms with E-state index >= 15 is 0 Å². The number of anilines is 1. The van der Waals surface area contributed by atoms with Crippen LogP contribution in [-0.2, 0) is 0 Å². The molecule has 0 aliphatic rings. The number of para-hydroxylation sites is 2. The van der Waals surface area contributed by atoms with Crippen LogP contribution < -0.4 is 9.80 Å². The Balaban J connectivity index is 2.92. The van der Waals surface area contributed by atoms with E-state index in [1.54, 1.807) is 12.1 Å². The van der Waals surface area contributed by atoms with Gasteiger partial charge in [-0.3, -0.25) is 0 Å². The van der Waals surface area contributed by atoms with Gasteiger partial charge < -0.3 is 15.0 Å². The van der Waals surface area contributed by atoms with E-state index in [-0.39, 0.29) is 0 Å². The maximum Gasteiger partial charge on any atom is 0.141 e. The summed E-state index contributed by atoms with van der Waals surface area (Å²) >= 11 is 0. The molecule has 1 rings (SSSR count). The Labute approximate surface area is 72.1 Å². The summed E-state index contributed by atoms with van der Waals surface area (Å²) in [6.45, 7) is 2.46. The van der Waals surface area contributed by atoms with Crippen LogP contribution in [0.15, 0.2) is 24.3 Å². The SMILES string of the molecule is CCOc1ccccc1N(C)[O-]. The van der Waals surface area contributed by atoms with Crippen molar-refractivity contribution >= 4 is 5.69 Å². The van der Waals surface area contributed by atoms with Crippen LogP contribution in [0.1, 0.15) is 6.92 Å². The number of benzene rings is 1. The molecule has 0 heterocycles. The molecule has 66 valence electrons. The van der Waals surface area contributed by atoms with Crippen LogP contribution in [0, 0.1) is 5.21 Å². The Kier molecular flexibility index (Phi) is 2.94. The number of rotatable bonds is 3. The van der Waals surface area contributed by atoms with Crippen molar-refractivity contribution in [1.29, 1.82) is 0 Å². The highest BCUT2D eigenvalue weighted by Gasteiger charge is 1.99. The van der Waals surface area contributed by atoms with Gasteiger partial charge in [0, 0.05) is 0 Å². The Morgan fingerprint density at radius 3 is 2.67 bits per heavy atom. The van der Waals surface area contributed by atoms with Gasteiger partial charge in [0.1, 0.15) is 5.75 Å². The lowest BCUT2D eigenvalue weighted by molar-refractivity contribution is 0.341. The van der Waals surface area contributed by atoms with Crippen LogP contribution in [0.2, 0.25) is 0 Å². The average molecular weight is 166 g/mol. The lowest BCUT2D eigenvalue weighted by Crippen LogP contribution is -2.08. The van der Waals surface area contributed by atoms with E-state index in [4.69, 9.17) is 4.74 Å². The summed E-state index contributed by atoms with van der Waals surface area (Å²) in [5.41, 5.74) is 0.569. The second-order valence-electron chi connectivity index (χ2n) is 2.40. The molecule has 0 aliphatic carbocycles. The highest BCUT2D eigenvalue weighted by Crippen LogP contribution is 2.25. The second-order valence-corrected chi connectivity index (χ2v) is 2.40. The van der Waals surface area contributed by atoms with Crippen molar-refractivity contribution < 1.29 is 4.74 Å². The van der Waals surface area contributed by atoms with E-state index in [9.17, 15) is 5.21 Å². The zero-order valence-corrected chi connectivity index (χ0v) is 7.28. The molecular weight excluding hydrogens is 154 g/mol. The third kappa shape index (κ3) is 1.89. The third-order valence-corrected chi connectivity index (χ3v) is 1.50. The summed E-state index contributed by atoms with van der Waals surface area (Å²) < 4.78 is 5.26. The van der Waals surface area contributed by atoms with Gasteiger partial charge in [-0.2, -0.15) is 0 Å². The van der Waals surface area contributed by atoms with Gasteiger partial charge in [0.25, 0.3) is 0 Å². The minimum Gasteiger partial charge on any atom is -0.758 e. The number of ether oxygens (including phenoxy) is 1. The molecule has 0 amide bonds. The lowest BCUT2D eigenvalue weighted by atomic mass is 10.3. The fourth-order valence-corrected chi connectivity index (χ4v) is 0.995. The monoisotopic (exact) mass is 166 g/mol. The van der Waals surface area contributed by atoms with Gasteiger partial charge in [0.05, 0.1) is 12.3 Å². The van der Waals surface area contributed by atoms with Gasteiger partial charge in [-0.1, -0.05) is 12.1 Å². The predicted molar refractivity (Wildman–Crippen MR) is 49.4 cm³/mol. The predicted octanol–water partition coefficient (Wildman–Crippen LogP) is 2.02. The summed E-state index contributed by atoms with van der Waals surface area (Å²) in [6, 6.07) is 7.18. The molecule has 0 unspecified atom stereocenters. The Morgan fingerprint density at radius 2 is 2.08 bits per heavy atom. The summed E-state index contributed by atoms with van der Waals surface area (Å²) in [7, 11) is 1.46. The first-order chi connectivity index (χ1) is 5.75. The van der Waals surface area contributed by atoms with Gasteiger partial charge in [0.15, 0.2) is 0 Å². The van der Waals surface area contributed by atoms with Crippen molar-refractivity contribution in [3.05, 3.63) is 29.5 Å². The summed E-state index contributed by atoms with van der Waals surface area (Å²) in [6.07, 6.45) is 0. The summed E-state index contributed by atoms with van der Waals surface area (Å²) in [4.78, 5) is 0. The molecule has 0 atom stereocenters. The Bertz CT molecular complexity index is 248. The zero-order valence-electron chi connectivity index (χ0n) is 7.28. The fraction of sp³-hybridized carbons (Fsp3) is 0.333. The molecule has 0 aliphatic heterocycles. The number of hydrogen-bond acceptors (Lipinski definition) is 3. The van der Waals surface area contributed by atoms with E-state index in [2.05, 4.69) is 0 Å². The Morgan fingerprint density at radius 1 is 1.42 bits per heavy atom. The van der Waals surface area contributed by atoms with Crippen LogP contribution in [-0.4, -0.2) is 13.7 Å². The smallest absolute Gasteiger partial charge is 0.141 e. The van der Waals surface area contributed by atoms with E-state index < -0.39 is 0 Å². The normalized spacial score (nSPS) is 9.58. The highest BCUT2D eigenvalue weighted by atomic mass is 16.5. The highest BCUT2D eigenvalue weighted by molar-refractivity contribution is 5.58. The van der Waals surface area contributed by atoms with Crippen molar-refractivity contribution in [3.63, 3.8) is 0 Å². The van der Waals surface area contributed by atoms with Crippen LogP contribution >= 0.6 is 0 Å². The first-order valence-electron chi connectivity index (χ1n) is 3.88. The van der Waals surface area contributed by atoms with Crippen LogP contribution in [0.4, 0.5) is 5.69 Å². The molecule has 0 radical (unpaired) electrons. The van der Waals surface area contributed by atoms with Gasteiger partial charge >= 0.3 is 0 Å². The fourth-order valence-electron chi connectivity index (χ4n) is 0.995. The largest absolute Gasteiger partial charge is 0.758 e. The molecule has 0 N–H and O–H groups in total. The summed E-state index contributed by atoms with van der Waals surface area (Å²) in [5, 5.41) is 11.8. The zero-order chi connectivity index (χ0) is 8.97. The second kappa shape index (κ2) is 3.97. The van der Waals surface area contributed by atoms with Gasteiger partial charge in [-0.15, -0.1) is 0 Å². The topological polar surface area (TPSA) is 35.5 Å². The minimum absolute atomic E-state index is 0.569. The van der Waals surface area contributed by atoms with E-state index in [1.165, 1.54) is 7.05 Å². The van der Waals surface area contributed by atoms with Crippen molar-refractivity contribution in [2.75, 3.05) is 18.7 Å². The molecule has 0 fully saturated rings. The molecule has 1 aromatic carbocycles. The van der Waals surface area contributed by atoms with Crippen molar-refractivity contribution in [2.24, 2.45) is 0 Å². The maximum absolute atomic E-state index is 11.0. The Hall–Kier alpha value is -1.22. The van der Waals surface area contributed by atoms with Crippen LogP contribution in [0.3, 0.4) is 0 Å².